The first kappa shape index (κ1) is 37.9. The molecule has 0 unspecified atom stereocenters. The molecule has 0 saturated carbocycles. The van der Waals surface area contributed by atoms with Gasteiger partial charge in [-0.2, -0.15) is 0 Å². The number of nitrogen functional groups attached to an aromatic ring is 1. The molecular weight excluding hydrogens is 772 g/mol. The predicted molar refractivity (Wildman–Crippen MR) is 208 cm³/mol. The average molecular weight is 803 g/mol. The number of nitrogens with zero attached hydrogens (tertiary/aromatic N) is 4. The standard InChI is InChI=1S/C19H14N4O2S.C12H11NO2.C7H6N2S.Y/c1-11(24)20-14-7-4-5-12-16(25)10-9-15(18(12)14)22-23-19-21-13-6-2-3-8-17(13)26-19;1-8(14)13-11-6-2-5-10-9(11)4-3-7-12(10)15;8-7-9-5-3-1-2-4-6(5)10-7;/h2-10,25H,1H3,(H,20,24);2-7,15H,1H3,(H,13,14);1-4H,(H2,8,9);. The zero-order valence-electron chi connectivity index (χ0n) is 27.9. The van der Waals surface area contributed by atoms with Crippen LogP contribution in [-0.2, 0) is 42.3 Å². The van der Waals surface area contributed by atoms with Crippen LogP contribution in [0.25, 0.3) is 42.0 Å². The smallest absolute Gasteiger partial charge is 0.231 e. The van der Waals surface area contributed by atoms with Crippen molar-refractivity contribution in [1.29, 1.82) is 0 Å². The van der Waals surface area contributed by atoms with Crippen LogP contribution < -0.4 is 16.4 Å². The van der Waals surface area contributed by atoms with E-state index in [2.05, 4.69) is 30.8 Å². The second-order valence-electron chi connectivity index (χ2n) is 11.1. The molecule has 8 rings (SSSR count). The molecule has 6 aromatic carbocycles. The first-order chi connectivity index (χ1) is 24.7. The molecule has 0 saturated heterocycles. The Balaban J connectivity index is 0.000000169. The van der Waals surface area contributed by atoms with E-state index in [0.29, 0.717) is 32.4 Å². The first-order valence-electron chi connectivity index (χ1n) is 15.5. The van der Waals surface area contributed by atoms with Crippen molar-refractivity contribution in [3.05, 3.63) is 115 Å². The molecule has 1 radical (unpaired) electrons. The fraction of sp³-hybridized carbons (Fsp3) is 0.0526. The molecule has 11 nitrogen and oxygen atoms in total. The van der Waals surface area contributed by atoms with E-state index < -0.39 is 0 Å². The second-order valence-corrected chi connectivity index (χ2v) is 13.1. The predicted octanol–water partition coefficient (Wildman–Crippen LogP) is 9.91. The molecule has 0 bridgehead atoms. The zero-order valence-corrected chi connectivity index (χ0v) is 32.4. The number of aromatic nitrogens is 2. The van der Waals surface area contributed by atoms with Gasteiger partial charge in [-0.05, 0) is 54.6 Å². The summed E-state index contributed by atoms with van der Waals surface area (Å²) in [7, 11) is 0. The Kier molecular flexibility index (Phi) is 12.6. The summed E-state index contributed by atoms with van der Waals surface area (Å²) < 4.78 is 2.19. The maximum absolute atomic E-state index is 11.5. The van der Waals surface area contributed by atoms with Crippen molar-refractivity contribution in [1.82, 2.24) is 9.97 Å². The van der Waals surface area contributed by atoms with Crippen LogP contribution in [0.15, 0.2) is 125 Å². The number of benzene rings is 6. The molecular formula is C38H31N7O4S2Y. The Morgan fingerprint density at radius 3 is 1.85 bits per heavy atom. The number of nitrogens with one attached hydrogen (secondary N) is 2. The van der Waals surface area contributed by atoms with E-state index in [9.17, 15) is 19.8 Å². The van der Waals surface area contributed by atoms with E-state index in [1.165, 1.54) is 36.5 Å². The van der Waals surface area contributed by atoms with Crippen molar-refractivity contribution in [3.63, 3.8) is 0 Å². The van der Waals surface area contributed by atoms with Crippen LogP contribution in [-0.4, -0.2) is 32.0 Å². The molecule has 0 aliphatic rings. The molecule has 0 aliphatic carbocycles. The molecule has 0 spiro atoms. The van der Waals surface area contributed by atoms with Crippen LogP contribution in [0.5, 0.6) is 11.5 Å². The van der Waals surface area contributed by atoms with E-state index in [0.717, 1.165) is 36.9 Å². The van der Waals surface area contributed by atoms with Gasteiger partial charge in [0.1, 0.15) is 11.5 Å². The minimum atomic E-state index is -0.199. The number of hydrogen-bond donors (Lipinski definition) is 5. The number of carbonyl (C=O) groups excluding carboxylic acids is 2. The van der Waals surface area contributed by atoms with Crippen molar-refractivity contribution in [2.24, 2.45) is 10.2 Å². The van der Waals surface area contributed by atoms with Crippen LogP contribution in [0.3, 0.4) is 0 Å². The number of aromatic hydroxyl groups is 2. The molecule has 6 N–H and O–H groups in total. The number of phenols is 2. The monoisotopic (exact) mass is 802 g/mol. The summed E-state index contributed by atoms with van der Waals surface area (Å²) in [6.07, 6.45) is 0. The Hall–Kier alpha value is -5.34. The SMILES string of the molecule is CC(=O)Nc1cccc2c(O)ccc(N=Nc3nc4ccccc4s3)c12.CC(=O)Nc1cccc2c(O)cccc12.Nc1nc2ccccc2s1.[Y]. The van der Waals surface area contributed by atoms with Crippen LogP contribution >= 0.6 is 22.7 Å². The fourth-order valence-electron chi connectivity index (χ4n) is 5.23. The minimum absolute atomic E-state index is 0. The number of fused-ring (bicyclic) bond motifs is 4. The largest absolute Gasteiger partial charge is 0.507 e. The summed E-state index contributed by atoms with van der Waals surface area (Å²) in [4.78, 5) is 31.0. The molecule has 257 valence electrons. The average Bonchev–Trinajstić information content (AvgIpc) is 3.71. The van der Waals surface area contributed by atoms with E-state index >= 15 is 0 Å². The molecule has 52 heavy (non-hydrogen) atoms. The van der Waals surface area contributed by atoms with Crippen LogP contribution in [0.2, 0.25) is 0 Å². The topological polar surface area (TPSA) is 175 Å². The van der Waals surface area contributed by atoms with Gasteiger partial charge in [0, 0.05) is 73.8 Å². The Morgan fingerprint density at radius 2 is 1.17 bits per heavy atom. The number of anilines is 3. The molecule has 2 heterocycles. The third kappa shape index (κ3) is 9.11. The molecule has 8 aromatic rings. The molecule has 2 aromatic heterocycles. The van der Waals surface area contributed by atoms with Gasteiger partial charge in [-0.25, -0.2) is 9.97 Å². The van der Waals surface area contributed by atoms with Crippen molar-refractivity contribution in [2.45, 2.75) is 13.8 Å². The van der Waals surface area contributed by atoms with Crippen LogP contribution in [0.1, 0.15) is 13.8 Å². The van der Waals surface area contributed by atoms with Crippen molar-refractivity contribution in [2.75, 3.05) is 16.4 Å². The number of nitrogens with two attached hydrogens (primary N) is 1. The number of phenolic OH excluding ortho intramolecular Hbond substituents is 2. The van der Waals surface area contributed by atoms with Gasteiger partial charge in [0.25, 0.3) is 0 Å². The minimum Gasteiger partial charge on any atom is -0.507 e. The van der Waals surface area contributed by atoms with Gasteiger partial charge < -0.3 is 26.6 Å². The van der Waals surface area contributed by atoms with E-state index in [1.54, 1.807) is 48.5 Å². The van der Waals surface area contributed by atoms with Crippen LogP contribution in [0.4, 0.5) is 27.3 Å². The van der Waals surface area contributed by atoms with E-state index in [1.807, 2.05) is 66.7 Å². The van der Waals surface area contributed by atoms with Gasteiger partial charge in [0.15, 0.2) is 5.13 Å². The molecule has 0 aliphatic heterocycles. The van der Waals surface area contributed by atoms with Gasteiger partial charge in [-0.15, -0.1) is 10.2 Å². The van der Waals surface area contributed by atoms with Gasteiger partial charge in [0.05, 0.1) is 31.8 Å². The van der Waals surface area contributed by atoms with Crippen LogP contribution in [0, 0.1) is 0 Å². The fourth-order valence-corrected chi connectivity index (χ4v) is 6.75. The maximum Gasteiger partial charge on any atom is 0.231 e. The second kappa shape index (κ2) is 17.3. The normalized spacial score (nSPS) is 10.7. The number of amides is 2. The van der Waals surface area contributed by atoms with Crippen molar-refractivity contribution >= 4 is 104 Å². The van der Waals surface area contributed by atoms with Gasteiger partial charge in [-0.1, -0.05) is 83.3 Å². The number of hydrogen-bond acceptors (Lipinski definition) is 11. The van der Waals surface area contributed by atoms with Gasteiger partial charge in [0.2, 0.25) is 16.9 Å². The third-order valence-electron chi connectivity index (χ3n) is 7.35. The summed E-state index contributed by atoms with van der Waals surface area (Å²) >= 11 is 2.97. The van der Waals surface area contributed by atoms with Crippen molar-refractivity contribution < 1.29 is 52.5 Å². The Morgan fingerprint density at radius 1 is 0.615 bits per heavy atom. The molecule has 2 amide bonds. The van der Waals surface area contributed by atoms with Gasteiger partial charge >= 0.3 is 0 Å². The number of thiazole rings is 2. The molecule has 0 atom stereocenters. The van der Waals surface area contributed by atoms with Crippen molar-refractivity contribution in [3.8, 4) is 11.5 Å². The quantitative estimate of drug-likeness (QED) is 0.110. The van der Waals surface area contributed by atoms with Gasteiger partial charge in [-0.3, -0.25) is 9.59 Å². The van der Waals surface area contributed by atoms with E-state index in [4.69, 9.17) is 5.73 Å². The van der Waals surface area contributed by atoms with E-state index in [-0.39, 0.29) is 56.0 Å². The molecule has 14 heteroatoms. The summed E-state index contributed by atoms with van der Waals surface area (Å²) in [5, 5.41) is 37.8. The number of azo groups is 1. The number of rotatable bonds is 4. The third-order valence-corrected chi connectivity index (χ3v) is 9.14. The summed E-state index contributed by atoms with van der Waals surface area (Å²) in [6, 6.07) is 34.9. The zero-order chi connectivity index (χ0) is 35.9. The maximum atomic E-state index is 11.5. The summed E-state index contributed by atoms with van der Waals surface area (Å²) in [6.45, 7) is 2.89. The Bertz CT molecular complexity index is 2510. The summed E-state index contributed by atoms with van der Waals surface area (Å²) in [5.74, 6) is 0.0200. The number of carbonyl (C=O) groups is 2. The first-order valence-corrected chi connectivity index (χ1v) is 17.2. The summed E-state index contributed by atoms with van der Waals surface area (Å²) in [5.41, 5.74) is 9.20. The molecule has 0 fully saturated rings. The number of para-hydroxylation sites is 2. The Labute approximate surface area is 331 Å².